The number of amides is 1. The number of aryl methyl sites for hydroxylation is 1. The van der Waals surface area contributed by atoms with Crippen molar-refractivity contribution in [2.75, 3.05) is 13.1 Å². The number of hydrogen-bond acceptors (Lipinski definition) is 4. The second kappa shape index (κ2) is 6.63. The van der Waals surface area contributed by atoms with E-state index < -0.39 is 0 Å². The molecule has 6 nitrogen and oxygen atoms in total. The van der Waals surface area contributed by atoms with Crippen molar-refractivity contribution in [3.63, 3.8) is 0 Å². The topological polar surface area (TPSA) is 63.9 Å². The minimum Gasteiger partial charge on any atom is -0.337 e. The average Bonchev–Trinajstić information content (AvgIpc) is 3.06. The molecular formula is C19H21N5O. The van der Waals surface area contributed by atoms with Crippen LogP contribution in [0.3, 0.4) is 0 Å². The molecule has 1 aliphatic rings. The Labute approximate surface area is 146 Å². The lowest BCUT2D eigenvalue weighted by Crippen LogP contribution is -2.39. The van der Waals surface area contributed by atoms with E-state index in [0.29, 0.717) is 11.6 Å². The van der Waals surface area contributed by atoms with Gasteiger partial charge in [0.1, 0.15) is 11.5 Å². The number of aromatic nitrogens is 4. The van der Waals surface area contributed by atoms with Crippen LogP contribution in [0.4, 0.5) is 0 Å². The number of hydrogen-bond donors (Lipinski definition) is 0. The molecule has 0 bridgehead atoms. The highest BCUT2D eigenvalue weighted by atomic mass is 16.2. The molecule has 0 spiro atoms. The zero-order valence-corrected chi connectivity index (χ0v) is 14.3. The zero-order chi connectivity index (χ0) is 17.2. The number of likely N-dealkylation sites (tertiary alicyclic amines) is 1. The molecule has 6 heteroatoms. The van der Waals surface area contributed by atoms with Gasteiger partial charge >= 0.3 is 0 Å². The summed E-state index contributed by atoms with van der Waals surface area (Å²) in [5.74, 6) is 1.61. The smallest absolute Gasteiger partial charge is 0.274 e. The van der Waals surface area contributed by atoms with Crippen LogP contribution in [0.15, 0.2) is 42.9 Å². The van der Waals surface area contributed by atoms with Gasteiger partial charge in [-0.25, -0.2) is 9.97 Å². The number of benzene rings is 1. The molecule has 4 rings (SSSR count). The average molecular weight is 335 g/mol. The molecule has 0 saturated carbocycles. The van der Waals surface area contributed by atoms with Crippen LogP contribution < -0.4 is 0 Å². The third-order valence-corrected chi connectivity index (χ3v) is 4.95. The summed E-state index contributed by atoms with van der Waals surface area (Å²) in [5, 5.41) is 0. The number of piperidine rings is 1. The van der Waals surface area contributed by atoms with Crippen molar-refractivity contribution in [1.82, 2.24) is 24.4 Å². The van der Waals surface area contributed by atoms with Gasteiger partial charge in [0.25, 0.3) is 5.91 Å². The maximum Gasteiger partial charge on any atom is 0.274 e. The van der Waals surface area contributed by atoms with Gasteiger partial charge in [-0.15, -0.1) is 0 Å². The Morgan fingerprint density at radius 1 is 1.16 bits per heavy atom. The predicted octanol–water partition coefficient (Wildman–Crippen LogP) is 2.69. The molecule has 0 atom stereocenters. The third-order valence-electron chi connectivity index (χ3n) is 4.95. The van der Waals surface area contributed by atoms with E-state index in [1.54, 1.807) is 6.20 Å². The standard InChI is InChI=1S/C19H21N5O/c1-14-20-8-11-24(14)13-15-6-9-23(10-7-15)19(25)18-12-21-16-4-2-3-5-17(16)22-18/h2-5,8,11-12,15H,6-7,9-10,13H2,1H3. The van der Waals surface area contributed by atoms with Gasteiger partial charge in [0, 0.05) is 32.0 Å². The summed E-state index contributed by atoms with van der Waals surface area (Å²) >= 11 is 0. The first-order valence-corrected chi connectivity index (χ1v) is 8.69. The predicted molar refractivity (Wildman–Crippen MR) is 95.1 cm³/mol. The van der Waals surface area contributed by atoms with Crippen molar-refractivity contribution in [2.45, 2.75) is 26.3 Å². The molecule has 1 saturated heterocycles. The van der Waals surface area contributed by atoms with E-state index in [-0.39, 0.29) is 5.91 Å². The van der Waals surface area contributed by atoms with E-state index in [0.717, 1.165) is 49.3 Å². The molecule has 25 heavy (non-hydrogen) atoms. The molecule has 0 unspecified atom stereocenters. The van der Waals surface area contributed by atoms with Crippen LogP contribution in [0.1, 0.15) is 29.2 Å². The number of fused-ring (bicyclic) bond motifs is 1. The van der Waals surface area contributed by atoms with E-state index in [2.05, 4.69) is 19.5 Å². The van der Waals surface area contributed by atoms with Gasteiger partial charge in [0.2, 0.25) is 0 Å². The number of carbonyl (C=O) groups excluding carboxylic acids is 1. The van der Waals surface area contributed by atoms with Crippen molar-refractivity contribution in [1.29, 1.82) is 0 Å². The molecule has 1 aliphatic heterocycles. The van der Waals surface area contributed by atoms with Crippen LogP contribution in [-0.4, -0.2) is 43.4 Å². The number of rotatable bonds is 3. The molecule has 128 valence electrons. The monoisotopic (exact) mass is 335 g/mol. The van der Waals surface area contributed by atoms with Crippen LogP contribution in [-0.2, 0) is 6.54 Å². The highest BCUT2D eigenvalue weighted by molar-refractivity contribution is 5.93. The summed E-state index contributed by atoms with van der Waals surface area (Å²) in [6.45, 7) is 4.54. The van der Waals surface area contributed by atoms with Gasteiger partial charge in [-0.05, 0) is 37.8 Å². The van der Waals surface area contributed by atoms with Crippen LogP contribution in [0.2, 0.25) is 0 Å². The van der Waals surface area contributed by atoms with Crippen molar-refractivity contribution in [3.05, 3.63) is 54.4 Å². The summed E-state index contributed by atoms with van der Waals surface area (Å²) < 4.78 is 2.19. The Hall–Kier alpha value is -2.76. The van der Waals surface area contributed by atoms with Gasteiger partial charge in [0.15, 0.2) is 0 Å². The third kappa shape index (κ3) is 3.24. The summed E-state index contributed by atoms with van der Waals surface area (Å²) in [5.41, 5.74) is 2.01. The first-order chi connectivity index (χ1) is 12.2. The second-order valence-electron chi connectivity index (χ2n) is 6.61. The second-order valence-corrected chi connectivity index (χ2v) is 6.61. The van der Waals surface area contributed by atoms with E-state index in [4.69, 9.17) is 0 Å². The quantitative estimate of drug-likeness (QED) is 0.738. The highest BCUT2D eigenvalue weighted by Crippen LogP contribution is 2.21. The van der Waals surface area contributed by atoms with Crippen LogP contribution in [0.25, 0.3) is 11.0 Å². The van der Waals surface area contributed by atoms with Crippen LogP contribution in [0, 0.1) is 12.8 Å². The molecule has 3 heterocycles. The van der Waals surface area contributed by atoms with E-state index in [1.807, 2.05) is 48.5 Å². The fourth-order valence-corrected chi connectivity index (χ4v) is 3.42. The Balaban J connectivity index is 1.41. The Bertz CT molecular complexity index is 895. The van der Waals surface area contributed by atoms with Crippen molar-refractivity contribution in [2.24, 2.45) is 5.92 Å². The fourth-order valence-electron chi connectivity index (χ4n) is 3.42. The minimum absolute atomic E-state index is 0.0180. The van der Waals surface area contributed by atoms with Crippen molar-refractivity contribution < 1.29 is 4.79 Å². The maximum atomic E-state index is 12.7. The molecule has 0 N–H and O–H groups in total. The molecule has 3 aromatic rings. The van der Waals surface area contributed by atoms with Crippen molar-refractivity contribution >= 4 is 16.9 Å². The molecule has 1 fully saturated rings. The summed E-state index contributed by atoms with van der Waals surface area (Å²) in [6.07, 6.45) is 7.46. The van der Waals surface area contributed by atoms with E-state index in [1.165, 1.54) is 0 Å². The van der Waals surface area contributed by atoms with Gasteiger partial charge in [0.05, 0.1) is 17.2 Å². The fraction of sp³-hybridized carbons (Fsp3) is 0.368. The molecule has 1 aromatic carbocycles. The molecule has 0 radical (unpaired) electrons. The molecule has 1 amide bonds. The normalized spacial score (nSPS) is 15.6. The lowest BCUT2D eigenvalue weighted by molar-refractivity contribution is 0.0676. The molecule has 2 aromatic heterocycles. The number of nitrogens with zero attached hydrogens (tertiary/aromatic N) is 5. The summed E-state index contributed by atoms with van der Waals surface area (Å²) in [6, 6.07) is 7.62. The zero-order valence-electron chi connectivity index (χ0n) is 14.3. The Morgan fingerprint density at radius 2 is 1.92 bits per heavy atom. The lowest BCUT2D eigenvalue weighted by Gasteiger charge is -2.32. The van der Waals surface area contributed by atoms with Gasteiger partial charge in [-0.2, -0.15) is 0 Å². The summed E-state index contributed by atoms with van der Waals surface area (Å²) in [7, 11) is 0. The van der Waals surface area contributed by atoms with Gasteiger partial charge < -0.3 is 9.47 Å². The maximum absolute atomic E-state index is 12.7. The first-order valence-electron chi connectivity index (χ1n) is 8.69. The van der Waals surface area contributed by atoms with Crippen molar-refractivity contribution in [3.8, 4) is 0 Å². The van der Waals surface area contributed by atoms with Crippen LogP contribution in [0.5, 0.6) is 0 Å². The van der Waals surface area contributed by atoms with E-state index >= 15 is 0 Å². The highest BCUT2D eigenvalue weighted by Gasteiger charge is 2.25. The molecule has 0 aliphatic carbocycles. The molecular weight excluding hydrogens is 314 g/mol. The minimum atomic E-state index is -0.0180. The Morgan fingerprint density at radius 3 is 2.64 bits per heavy atom. The van der Waals surface area contributed by atoms with Gasteiger partial charge in [-0.1, -0.05) is 12.1 Å². The van der Waals surface area contributed by atoms with E-state index in [9.17, 15) is 4.79 Å². The number of imidazole rings is 1. The van der Waals surface area contributed by atoms with Gasteiger partial charge in [-0.3, -0.25) is 9.78 Å². The number of para-hydroxylation sites is 2. The largest absolute Gasteiger partial charge is 0.337 e. The summed E-state index contributed by atoms with van der Waals surface area (Å²) in [4.78, 5) is 27.7. The lowest BCUT2D eigenvalue weighted by atomic mass is 9.96. The SMILES string of the molecule is Cc1nccn1CC1CCN(C(=O)c2cnc3ccccc3n2)CC1. The Kier molecular flexibility index (Phi) is 4.17. The first kappa shape index (κ1) is 15.7. The van der Waals surface area contributed by atoms with Crippen LogP contribution >= 0.6 is 0 Å². The number of carbonyl (C=O) groups is 1.